The average Bonchev–Trinajstić information content (AvgIpc) is 2.37. The quantitative estimate of drug-likeness (QED) is 0.888. The molecule has 0 aliphatic carbocycles. The zero-order valence-corrected chi connectivity index (χ0v) is 10.8. The molecule has 1 heterocycles. The van der Waals surface area contributed by atoms with E-state index in [4.69, 9.17) is 5.73 Å². The third kappa shape index (κ3) is 3.28. The van der Waals surface area contributed by atoms with Crippen LogP contribution >= 0.6 is 0 Å². The van der Waals surface area contributed by atoms with Crippen molar-refractivity contribution in [1.82, 2.24) is 14.9 Å². The van der Waals surface area contributed by atoms with Gasteiger partial charge in [-0.15, -0.1) is 0 Å². The van der Waals surface area contributed by atoms with E-state index < -0.39 is 0 Å². The van der Waals surface area contributed by atoms with Crippen molar-refractivity contribution in [3.8, 4) is 11.3 Å². The summed E-state index contributed by atoms with van der Waals surface area (Å²) in [6.45, 7) is 0.914. The second kappa shape index (κ2) is 5.60. The van der Waals surface area contributed by atoms with Crippen molar-refractivity contribution in [2.45, 2.75) is 6.42 Å². The largest absolute Gasteiger partial charge is 0.384 e. The maximum Gasteiger partial charge on any atom is 0.132 e. The lowest BCUT2D eigenvalue weighted by Crippen LogP contribution is -2.16. The fourth-order valence-electron chi connectivity index (χ4n) is 1.71. The first-order valence-corrected chi connectivity index (χ1v) is 5.99. The molecular weight excluding hydrogens is 224 g/mol. The van der Waals surface area contributed by atoms with Crippen LogP contribution in [0, 0.1) is 0 Å². The molecule has 0 unspecified atom stereocenters. The number of benzene rings is 1. The summed E-state index contributed by atoms with van der Waals surface area (Å²) in [4.78, 5) is 10.9. The Morgan fingerprint density at radius 2 is 1.83 bits per heavy atom. The summed E-state index contributed by atoms with van der Waals surface area (Å²) in [6.07, 6.45) is 0.803. The Morgan fingerprint density at radius 3 is 2.50 bits per heavy atom. The number of anilines is 1. The molecule has 0 amide bonds. The minimum atomic E-state index is 0.526. The zero-order valence-electron chi connectivity index (χ0n) is 10.8. The second-order valence-corrected chi connectivity index (χ2v) is 4.51. The molecule has 1 aromatic carbocycles. The van der Waals surface area contributed by atoms with Gasteiger partial charge in [0.25, 0.3) is 0 Å². The first kappa shape index (κ1) is 12.5. The number of aromatic nitrogens is 2. The Hall–Kier alpha value is -1.94. The van der Waals surface area contributed by atoms with Crippen LogP contribution in [0.25, 0.3) is 11.3 Å². The maximum atomic E-state index is 5.84. The van der Waals surface area contributed by atoms with E-state index in [1.165, 1.54) is 0 Å². The van der Waals surface area contributed by atoms with Crippen LogP contribution in [0.3, 0.4) is 0 Å². The van der Waals surface area contributed by atoms with Crippen LogP contribution in [0.4, 0.5) is 5.82 Å². The highest BCUT2D eigenvalue weighted by Gasteiger charge is 2.05. The summed E-state index contributed by atoms with van der Waals surface area (Å²) in [6, 6.07) is 11.8. The molecule has 0 aliphatic heterocycles. The normalized spacial score (nSPS) is 10.8. The van der Waals surface area contributed by atoms with Crippen LogP contribution in [0.5, 0.6) is 0 Å². The Bertz CT molecular complexity index is 508. The van der Waals surface area contributed by atoms with Crippen LogP contribution in [-0.2, 0) is 6.42 Å². The van der Waals surface area contributed by atoms with Gasteiger partial charge in [0.2, 0.25) is 0 Å². The standard InChI is InChI=1S/C14H18N4/c1-18(2)9-8-14-16-12(10-13(15)17-14)11-6-4-3-5-7-11/h3-7,10H,8-9H2,1-2H3,(H2,15,16,17). The van der Waals surface area contributed by atoms with Crippen LogP contribution in [0.1, 0.15) is 5.82 Å². The van der Waals surface area contributed by atoms with Crippen molar-refractivity contribution in [1.29, 1.82) is 0 Å². The monoisotopic (exact) mass is 242 g/mol. The van der Waals surface area contributed by atoms with E-state index >= 15 is 0 Å². The summed E-state index contributed by atoms with van der Waals surface area (Å²) in [5.41, 5.74) is 7.79. The minimum absolute atomic E-state index is 0.526. The van der Waals surface area contributed by atoms with Gasteiger partial charge in [0.05, 0.1) is 5.69 Å². The van der Waals surface area contributed by atoms with E-state index in [2.05, 4.69) is 14.9 Å². The summed E-state index contributed by atoms with van der Waals surface area (Å²) >= 11 is 0. The number of nitrogens with zero attached hydrogens (tertiary/aromatic N) is 3. The molecule has 0 saturated carbocycles. The van der Waals surface area contributed by atoms with Crippen molar-refractivity contribution in [3.63, 3.8) is 0 Å². The predicted octanol–water partition coefficient (Wildman–Crippen LogP) is 1.83. The highest BCUT2D eigenvalue weighted by Crippen LogP contribution is 2.18. The molecular formula is C14H18N4. The van der Waals surface area contributed by atoms with Crippen molar-refractivity contribution < 1.29 is 0 Å². The molecule has 0 spiro atoms. The van der Waals surface area contributed by atoms with E-state index in [9.17, 15) is 0 Å². The molecule has 2 rings (SSSR count). The van der Waals surface area contributed by atoms with Crippen molar-refractivity contribution in [2.75, 3.05) is 26.4 Å². The molecule has 0 fully saturated rings. The Morgan fingerprint density at radius 1 is 1.11 bits per heavy atom. The van der Waals surface area contributed by atoms with Gasteiger partial charge in [-0.25, -0.2) is 9.97 Å². The van der Waals surface area contributed by atoms with Gasteiger partial charge in [-0.2, -0.15) is 0 Å². The molecule has 0 radical (unpaired) electrons. The smallest absolute Gasteiger partial charge is 0.132 e. The molecule has 0 saturated heterocycles. The van der Waals surface area contributed by atoms with E-state index in [1.54, 1.807) is 0 Å². The summed E-state index contributed by atoms with van der Waals surface area (Å²) in [5, 5.41) is 0. The van der Waals surface area contributed by atoms with Gasteiger partial charge < -0.3 is 10.6 Å². The number of likely N-dealkylation sites (N-methyl/N-ethyl adjacent to an activating group) is 1. The first-order valence-electron chi connectivity index (χ1n) is 5.99. The Labute approximate surface area is 107 Å². The van der Waals surface area contributed by atoms with E-state index in [-0.39, 0.29) is 0 Å². The lowest BCUT2D eigenvalue weighted by atomic mass is 10.1. The highest BCUT2D eigenvalue weighted by molar-refractivity contribution is 5.61. The van der Waals surface area contributed by atoms with Gasteiger partial charge in [0.1, 0.15) is 11.6 Å². The predicted molar refractivity (Wildman–Crippen MR) is 74.1 cm³/mol. The lowest BCUT2D eigenvalue weighted by molar-refractivity contribution is 0.409. The zero-order chi connectivity index (χ0) is 13.0. The summed E-state index contributed by atoms with van der Waals surface area (Å²) in [5.74, 6) is 1.32. The van der Waals surface area contributed by atoms with Crippen LogP contribution in [0.2, 0.25) is 0 Å². The molecule has 94 valence electrons. The average molecular weight is 242 g/mol. The molecule has 18 heavy (non-hydrogen) atoms. The van der Waals surface area contributed by atoms with Crippen LogP contribution < -0.4 is 5.73 Å². The molecule has 1 aromatic heterocycles. The molecule has 2 N–H and O–H groups in total. The van der Waals surface area contributed by atoms with Crippen LogP contribution in [-0.4, -0.2) is 35.5 Å². The van der Waals surface area contributed by atoms with E-state index in [0.29, 0.717) is 5.82 Å². The number of nitrogens with two attached hydrogens (primary N) is 1. The molecule has 4 heteroatoms. The first-order chi connectivity index (χ1) is 8.65. The van der Waals surface area contributed by atoms with E-state index in [1.807, 2.05) is 50.5 Å². The van der Waals surface area contributed by atoms with Gasteiger partial charge in [-0.05, 0) is 14.1 Å². The Kier molecular flexibility index (Phi) is 3.89. The highest BCUT2D eigenvalue weighted by atomic mass is 15.1. The van der Waals surface area contributed by atoms with Gasteiger partial charge in [-0.3, -0.25) is 0 Å². The number of hydrogen-bond donors (Lipinski definition) is 1. The van der Waals surface area contributed by atoms with Gasteiger partial charge in [0, 0.05) is 24.6 Å². The molecule has 0 atom stereocenters. The number of rotatable bonds is 4. The van der Waals surface area contributed by atoms with Gasteiger partial charge >= 0.3 is 0 Å². The fraction of sp³-hybridized carbons (Fsp3) is 0.286. The molecule has 0 aliphatic rings. The fourth-order valence-corrected chi connectivity index (χ4v) is 1.71. The lowest BCUT2D eigenvalue weighted by Gasteiger charge is -2.10. The molecule has 2 aromatic rings. The number of hydrogen-bond acceptors (Lipinski definition) is 4. The summed E-state index contributed by atoms with van der Waals surface area (Å²) < 4.78 is 0. The molecule has 0 bridgehead atoms. The SMILES string of the molecule is CN(C)CCc1nc(N)cc(-c2ccccc2)n1. The van der Waals surface area contributed by atoms with Gasteiger partial charge in [-0.1, -0.05) is 30.3 Å². The Balaban J connectivity index is 2.27. The summed E-state index contributed by atoms with van der Waals surface area (Å²) in [7, 11) is 4.06. The van der Waals surface area contributed by atoms with Crippen molar-refractivity contribution >= 4 is 5.82 Å². The van der Waals surface area contributed by atoms with Gasteiger partial charge in [0.15, 0.2) is 0 Å². The van der Waals surface area contributed by atoms with Crippen molar-refractivity contribution in [2.24, 2.45) is 0 Å². The van der Waals surface area contributed by atoms with Crippen molar-refractivity contribution in [3.05, 3.63) is 42.2 Å². The van der Waals surface area contributed by atoms with Crippen LogP contribution in [0.15, 0.2) is 36.4 Å². The third-order valence-corrected chi connectivity index (χ3v) is 2.64. The molecule has 4 nitrogen and oxygen atoms in total. The third-order valence-electron chi connectivity index (χ3n) is 2.64. The minimum Gasteiger partial charge on any atom is -0.384 e. The second-order valence-electron chi connectivity index (χ2n) is 4.51. The topological polar surface area (TPSA) is 55.0 Å². The maximum absolute atomic E-state index is 5.84. The number of nitrogen functional groups attached to an aromatic ring is 1. The van der Waals surface area contributed by atoms with E-state index in [0.717, 1.165) is 30.0 Å².